The van der Waals surface area contributed by atoms with E-state index < -0.39 is 0 Å². The Morgan fingerprint density at radius 1 is 1.33 bits per heavy atom. The lowest BCUT2D eigenvalue weighted by Gasteiger charge is -2.37. The smallest absolute Gasteiger partial charge is 0.173 e. The Morgan fingerprint density at radius 2 is 2.11 bits per heavy atom. The highest BCUT2D eigenvalue weighted by atomic mass is 32.1. The molecular weight excluding hydrogens is 244 g/mol. The van der Waals surface area contributed by atoms with E-state index in [1.54, 1.807) is 0 Å². The third-order valence-corrected chi connectivity index (χ3v) is 3.71. The number of piperidine rings is 1. The van der Waals surface area contributed by atoms with Gasteiger partial charge in [0.25, 0.3) is 0 Å². The molecule has 1 aliphatic heterocycles. The van der Waals surface area contributed by atoms with Gasteiger partial charge in [-0.2, -0.15) is 0 Å². The second-order valence-electron chi connectivity index (χ2n) is 4.65. The van der Waals surface area contributed by atoms with Crippen LogP contribution in [0.25, 0.3) is 0 Å². The van der Waals surface area contributed by atoms with Crippen LogP contribution in [0.3, 0.4) is 0 Å². The van der Waals surface area contributed by atoms with Gasteiger partial charge in [0.15, 0.2) is 5.11 Å². The summed E-state index contributed by atoms with van der Waals surface area (Å²) in [7, 11) is 0. The minimum Gasteiger partial charge on any atom is -0.396 e. The molecule has 0 unspecified atom stereocenters. The van der Waals surface area contributed by atoms with Crippen molar-refractivity contribution in [2.75, 3.05) is 18.5 Å². The van der Waals surface area contributed by atoms with Crippen LogP contribution in [0.4, 0.5) is 5.69 Å². The molecule has 1 aliphatic rings. The number of rotatable bonds is 3. The summed E-state index contributed by atoms with van der Waals surface area (Å²) >= 11 is 5.48. The Balaban J connectivity index is 1.98. The molecule has 98 valence electrons. The second kappa shape index (κ2) is 6.71. The maximum Gasteiger partial charge on any atom is 0.173 e. The van der Waals surface area contributed by atoms with E-state index in [4.69, 9.17) is 17.3 Å². The van der Waals surface area contributed by atoms with Gasteiger partial charge in [-0.1, -0.05) is 18.2 Å². The van der Waals surface area contributed by atoms with Crippen LogP contribution in [-0.2, 0) is 0 Å². The van der Waals surface area contributed by atoms with Crippen molar-refractivity contribution in [2.24, 2.45) is 0 Å². The monoisotopic (exact) mass is 264 g/mol. The first-order valence-electron chi connectivity index (χ1n) is 6.55. The van der Waals surface area contributed by atoms with Crippen LogP contribution in [0.5, 0.6) is 0 Å². The van der Waals surface area contributed by atoms with Crippen LogP contribution in [0.1, 0.15) is 25.7 Å². The quantitative estimate of drug-likeness (QED) is 0.823. The summed E-state index contributed by atoms with van der Waals surface area (Å²) in [6.07, 6.45) is 4.33. The first-order chi connectivity index (χ1) is 8.81. The third-order valence-electron chi connectivity index (χ3n) is 3.38. The van der Waals surface area contributed by atoms with Crippen LogP contribution in [0.15, 0.2) is 30.3 Å². The molecule has 0 spiro atoms. The molecule has 1 saturated heterocycles. The van der Waals surface area contributed by atoms with Crippen molar-refractivity contribution in [2.45, 2.75) is 31.7 Å². The maximum atomic E-state index is 9.12. The number of aliphatic hydroxyl groups is 1. The first-order valence-corrected chi connectivity index (χ1v) is 6.95. The number of aliphatic hydroxyl groups excluding tert-OH is 1. The number of hydrogen-bond donors (Lipinski definition) is 2. The summed E-state index contributed by atoms with van der Waals surface area (Å²) in [6, 6.07) is 10.4. The highest BCUT2D eigenvalue weighted by Crippen LogP contribution is 2.20. The zero-order valence-electron chi connectivity index (χ0n) is 10.5. The van der Waals surface area contributed by atoms with Gasteiger partial charge < -0.3 is 15.3 Å². The number of nitrogens with zero attached hydrogens (tertiary/aromatic N) is 1. The average Bonchev–Trinajstić information content (AvgIpc) is 2.41. The van der Waals surface area contributed by atoms with Gasteiger partial charge in [-0.25, -0.2) is 0 Å². The van der Waals surface area contributed by atoms with Crippen LogP contribution < -0.4 is 5.32 Å². The normalized spacial score (nSPS) is 19.6. The number of hydrogen-bond acceptors (Lipinski definition) is 2. The van der Waals surface area contributed by atoms with Crippen LogP contribution >= 0.6 is 12.2 Å². The minimum atomic E-state index is 0.231. The van der Waals surface area contributed by atoms with Crippen LogP contribution in [0.2, 0.25) is 0 Å². The molecule has 2 rings (SSSR count). The SMILES string of the molecule is OCC[C@H]1CCCCN1C(=S)Nc1ccccc1. The van der Waals surface area contributed by atoms with Crippen molar-refractivity contribution in [3.05, 3.63) is 30.3 Å². The molecule has 0 amide bonds. The Bertz CT molecular complexity index is 381. The fourth-order valence-electron chi connectivity index (χ4n) is 2.43. The standard InChI is InChI=1S/C14H20N2OS/c17-11-9-13-8-4-5-10-16(13)14(18)15-12-6-2-1-3-7-12/h1-3,6-7,13,17H,4-5,8-11H2,(H,15,18)/t13-/m1/s1. The highest BCUT2D eigenvalue weighted by molar-refractivity contribution is 7.80. The number of benzene rings is 1. The summed E-state index contributed by atoms with van der Waals surface area (Å²) in [5.41, 5.74) is 1.02. The molecule has 1 heterocycles. The van der Waals surface area contributed by atoms with Gasteiger partial charge in [0.05, 0.1) is 0 Å². The second-order valence-corrected chi connectivity index (χ2v) is 5.04. The Morgan fingerprint density at radius 3 is 2.83 bits per heavy atom. The molecule has 3 nitrogen and oxygen atoms in total. The highest BCUT2D eigenvalue weighted by Gasteiger charge is 2.23. The fourth-order valence-corrected chi connectivity index (χ4v) is 2.79. The van der Waals surface area contributed by atoms with Gasteiger partial charge in [0.2, 0.25) is 0 Å². The molecular formula is C14H20N2OS. The van der Waals surface area contributed by atoms with Gasteiger partial charge in [0.1, 0.15) is 0 Å². The van der Waals surface area contributed by atoms with Crippen molar-refractivity contribution in [3.8, 4) is 0 Å². The Kier molecular flexibility index (Phi) is 4.96. The first kappa shape index (κ1) is 13.3. The van der Waals surface area contributed by atoms with Crippen molar-refractivity contribution in [1.29, 1.82) is 0 Å². The summed E-state index contributed by atoms with van der Waals surface area (Å²) < 4.78 is 0. The third kappa shape index (κ3) is 3.43. The van der Waals surface area contributed by atoms with Gasteiger partial charge >= 0.3 is 0 Å². The molecule has 0 aliphatic carbocycles. The number of likely N-dealkylation sites (tertiary alicyclic amines) is 1. The Labute approximate surface area is 114 Å². The lowest BCUT2D eigenvalue weighted by atomic mass is 10.0. The molecule has 2 N–H and O–H groups in total. The van der Waals surface area contributed by atoms with Crippen LogP contribution in [0, 0.1) is 0 Å². The molecule has 1 aromatic carbocycles. The van der Waals surface area contributed by atoms with Crippen molar-refractivity contribution in [1.82, 2.24) is 4.90 Å². The molecule has 0 bridgehead atoms. The summed E-state index contributed by atoms with van der Waals surface area (Å²) in [4.78, 5) is 2.22. The lowest BCUT2D eigenvalue weighted by Crippen LogP contribution is -2.46. The zero-order chi connectivity index (χ0) is 12.8. The maximum absolute atomic E-state index is 9.12. The molecule has 18 heavy (non-hydrogen) atoms. The van der Waals surface area contributed by atoms with Gasteiger partial charge in [0, 0.05) is 24.9 Å². The molecule has 1 atom stereocenters. The average molecular weight is 264 g/mol. The van der Waals surface area contributed by atoms with E-state index >= 15 is 0 Å². The van der Waals surface area contributed by atoms with Gasteiger partial charge in [-0.15, -0.1) is 0 Å². The van der Waals surface area contributed by atoms with Crippen molar-refractivity contribution in [3.63, 3.8) is 0 Å². The largest absolute Gasteiger partial charge is 0.396 e. The van der Waals surface area contributed by atoms with E-state index in [1.807, 2.05) is 30.3 Å². The molecule has 1 aromatic rings. The summed E-state index contributed by atoms with van der Waals surface area (Å²) in [6.45, 7) is 1.22. The topological polar surface area (TPSA) is 35.5 Å². The van der Waals surface area contributed by atoms with E-state index in [0.717, 1.165) is 30.2 Å². The van der Waals surface area contributed by atoms with Gasteiger partial charge in [-0.3, -0.25) is 0 Å². The predicted molar refractivity (Wildman–Crippen MR) is 78.7 cm³/mol. The molecule has 4 heteroatoms. The summed E-state index contributed by atoms with van der Waals surface area (Å²) in [5, 5.41) is 13.2. The van der Waals surface area contributed by atoms with E-state index in [1.165, 1.54) is 12.8 Å². The molecule has 0 radical (unpaired) electrons. The molecule has 0 aromatic heterocycles. The van der Waals surface area contributed by atoms with E-state index in [2.05, 4.69) is 10.2 Å². The number of anilines is 1. The Hall–Kier alpha value is -1.13. The van der Waals surface area contributed by atoms with Crippen molar-refractivity contribution >= 4 is 23.0 Å². The van der Waals surface area contributed by atoms with Gasteiger partial charge in [-0.05, 0) is 50.0 Å². The number of nitrogens with one attached hydrogen (secondary N) is 1. The van der Waals surface area contributed by atoms with E-state index in [0.29, 0.717) is 6.04 Å². The molecule has 1 fully saturated rings. The predicted octanol–water partition coefficient (Wildman–Crippen LogP) is 2.62. The van der Waals surface area contributed by atoms with Crippen LogP contribution in [-0.4, -0.2) is 34.3 Å². The minimum absolute atomic E-state index is 0.231. The number of para-hydroxylation sites is 1. The van der Waals surface area contributed by atoms with E-state index in [-0.39, 0.29) is 6.61 Å². The lowest BCUT2D eigenvalue weighted by molar-refractivity contribution is 0.186. The zero-order valence-corrected chi connectivity index (χ0v) is 11.3. The molecule has 0 saturated carbocycles. The summed E-state index contributed by atoms with van der Waals surface area (Å²) in [5.74, 6) is 0. The number of thiocarbonyl (C=S) groups is 1. The van der Waals surface area contributed by atoms with Crippen molar-refractivity contribution < 1.29 is 5.11 Å². The fraction of sp³-hybridized carbons (Fsp3) is 0.500. The van der Waals surface area contributed by atoms with E-state index in [9.17, 15) is 0 Å².